The molecule has 0 heterocycles. The highest BCUT2D eigenvalue weighted by molar-refractivity contribution is 5.93. The Balaban J connectivity index is 1.87. The van der Waals surface area contributed by atoms with Gasteiger partial charge in [0.15, 0.2) is 0 Å². The number of methoxy groups -OCH3 is 1. The third-order valence-corrected chi connectivity index (χ3v) is 8.34. The van der Waals surface area contributed by atoms with E-state index in [9.17, 15) is 14.7 Å². The van der Waals surface area contributed by atoms with E-state index in [1.807, 2.05) is 18.2 Å². The second-order valence-electron chi connectivity index (χ2n) is 9.89. The standard InChI is InChI=1S/C26H40N2O4/c1-4-26(5-2)20-15-19(24(27)31)10-9-18(20)16-21(32-3)23(26)28-14-13-25(17-22(29)30)11-7-6-8-12-25/h9-10,15,21,23,28H,4-8,11-14,16-17H2,1-3H3,(H2,27,31)(H,29,30)/t21-,23-/m1/s1. The second kappa shape index (κ2) is 10.3. The highest BCUT2D eigenvalue weighted by atomic mass is 16.5. The summed E-state index contributed by atoms with van der Waals surface area (Å²) in [5, 5.41) is 13.3. The van der Waals surface area contributed by atoms with Crippen LogP contribution in [-0.2, 0) is 21.4 Å². The number of carboxylic acids is 1. The van der Waals surface area contributed by atoms with Gasteiger partial charge in [0.25, 0.3) is 0 Å². The first-order valence-electron chi connectivity index (χ1n) is 12.2. The Bertz CT molecular complexity index is 812. The number of nitrogens with one attached hydrogen (secondary N) is 1. The van der Waals surface area contributed by atoms with Crippen LogP contribution in [-0.4, -0.2) is 42.8 Å². The summed E-state index contributed by atoms with van der Waals surface area (Å²) in [6.45, 7) is 5.17. The zero-order valence-corrected chi connectivity index (χ0v) is 19.9. The highest BCUT2D eigenvalue weighted by Crippen LogP contribution is 2.45. The lowest BCUT2D eigenvalue weighted by atomic mass is 9.62. The summed E-state index contributed by atoms with van der Waals surface area (Å²) in [6, 6.07) is 5.92. The zero-order valence-electron chi connectivity index (χ0n) is 19.9. The van der Waals surface area contributed by atoms with Gasteiger partial charge in [-0.15, -0.1) is 0 Å². The molecule has 0 radical (unpaired) electrons. The lowest BCUT2D eigenvalue weighted by molar-refractivity contribution is -0.140. The Morgan fingerprint density at radius 1 is 1.19 bits per heavy atom. The third kappa shape index (κ3) is 4.86. The van der Waals surface area contributed by atoms with Gasteiger partial charge in [-0.2, -0.15) is 0 Å². The molecule has 6 nitrogen and oxygen atoms in total. The second-order valence-corrected chi connectivity index (χ2v) is 9.89. The number of hydrogen-bond acceptors (Lipinski definition) is 4. The number of ether oxygens (including phenoxy) is 1. The lowest BCUT2D eigenvalue weighted by Crippen LogP contribution is -2.59. The van der Waals surface area contributed by atoms with Crippen molar-refractivity contribution in [3.63, 3.8) is 0 Å². The van der Waals surface area contributed by atoms with Crippen molar-refractivity contribution in [2.45, 2.75) is 95.6 Å². The van der Waals surface area contributed by atoms with E-state index in [1.54, 1.807) is 7.11 Å². The molecular formula is C26H40N2O4. The van der Waals surface area contributed by atoms with Crippen LogP contribution in [0.15, 0.2) is 18.2 Å². The highest BCUT2D eigenvalue weighted by Gasteiger charge is 2.47. The van der Waals surface area contributed by atoms with Gasteiger partial charge in [-0.3, -0.25) is 9.59 Å². The summed E-state index contributed by atoms with van der Waals surface area (Å²) in [6.07, 6.45) is 9.18. The Hall–Kier alpha value is -1.92. The molecule has 0 bridgehead atoms. The molecule has 1 aromatic rings. The van der Waals surface area contributed by atoms with E-state index in [0.29, 0.717) is 5.56 Å². The van der Waals surface area contributed by atoms with Crippen LogP contribution < -0.4 is 11.1 Å². The van der Waals surface area contributed by atoms with Crippen molar-refractivity contribution in [3.05, 3.63) is 34.9 Å². The molecule has 0 aliphatic heterocycles. The molecule has 0 aromatic heterocycles. The van der Waals surface area contributed by atoms with E-state index in [0.717, 1.165) is 57.9 Å². The summed E-state index contributed by atoms with van der Waals surface area (Å²) >= 11 is 0. The van der Waals surface area contributed by atoms with Gasteiger partial charge in [0.2, 0.25) is 5.91 Å². The number of nitrogens with two attached hydrogens (primary N) is 1. The molecule has 0 unspecified atom stereocenters. The molecule has 1 amide bonds. The zero-order chi connectivity index (χ0) is 23.4. The molecule has 0 saturated heterocycles. The maximum absolute atomic E-state index is 11.9. The first-order chi connectivity index (χ1) is 15.3. The number of carboxylic acid groups (broad SMARTS) is 1. The minimum Gasteiger partial charge on any atom is -0.481 e. The van der Waals surface area contributed by atoms with Crippen molar-refractivity contribution in [1.82, 2.24) is 5.32 Å². The molecule has 1 fully saturated rings. The van der Waals surface area contributed by atoms with E-state index in [4.69, 9.17) is 10.5 Å². The van der Waals surface area contributed by atoms with Gasteiger partial charge in [-0.05, 0) is 67.3 Å². The maximum Gasteiger partial charge on any atom is 0.303 e. The molecular weight excluding hydrogens is 404 g/mol. The monoisotopic (exact) mass is 444 g/mol. The quantitative estimate of drug-likeness (QED) is 0.502. The Labute approximate surface area is 192 Å². The molecule has 3 rings (SSSR count). The molecule has 2 aliphatic rings. The van der Waals surface area contributed by atoms with Crippen LogP contribution in [0.4, 0.5) is 0 Å². The Kier molecular flexibility index (Phi) is 7.99. The number of rotatable bonds is 10. The average Bonchev–Trinajstić information content (AvgIpc) is 2.78. The fourth-order valence-corrected chi connectivity index (χ4v) is 6.48. The number of aliphatic carboxylic acids is 1. The lowest BCUT2D eigenvalue weighted by Gasteiger charge is -2.49. The van der Waals surface area contributed by atoms with Gasteiger partial charge in [0.1, 0.15) is 0 Å². The number of primary amides is 1. The van der Waals surface area contributed by atoms with Gasteiger partial charge in [0, 0.05) is 30.6 Å². The van der Waals surface area contributed by atoms with Gasteiger partial charge in [-0.25, -0.2) is 0 Å². The van der Waals surface area contributed by atoms with Crippen LogP contribution in [0.2, 0.25) is 0 Å². The average molecular weight is 445 g/mol. The van der Waals surface area contributed by atoms with E-state index in [-0.39, 0.29) is 29.4 Å². The Morgan fingerprint density at radius 3 is 2.44 bits per heavy atom. The topological polar surface area (TPSA) is 102 Å². The van der Waals surface area contributed by atoms with Crippen LogP contribution in [0.1, 0.15) is 93.1 Å². The third-order valence-electron chi connectivity index (χ3n) is 8.34. The van der Waals surface area contributed by atoms with Crippen LogP contribution in [0, 0.1) is 5.41 Å². The van der Waals surface area contributed by atoms with E-state index in [1.165, 1.54) is 17.5 Å². The minimum absolute atomic E-state index is 0.0172. The number of hydrogen-bond donors (Lipinski definition) is 3. The molecule has 1 saturated carbocycles. The number of fused-ring (bicyclic) bond motifs is 1. The first kappa shape index (κ1) is 24.7. The molecule has 2 atom stereocenters. The molecule has 178 valence electrons. The van der Waals surface area contributed by atoms with Gasteiger partial charge < -0.3 is 20.9 Å². The van der Waals surface area contributed by atoms with Crippen LogP contribution in [0.5, 0.6) is 0 Å². The Morgan fingerprint density at radius 2 is 1.88 bits per heavy atom. The molecule has 2 aliphatic carbocycles. The van der Waals surface area contributed by atoms with Crippen LogP contribution in [0.3, 0.4) is 0 Å². The predicted molar refractivity (Wildman–Crippen MR) is 126 cm³/mol. The van der Waals surface area contributed by atoms with Crippen molar-refractivity contribution >= 4 is 11.9 Å². The SMILES string of the molecule is CCC1(CC)c2cc(C(N)=O)ccc2C[C@@H](OC)[C@H]1NCCC1(CC(=O)O)CCCCC1. The van der Waals surface area contributed by atoms with Crippen molar-refractivity contribution in [3.8, 4) is 0 Å². The largest absolute Gasteiger partial charge is 0.481 e. The first-order valence-corrected chi connectivity index (χ1v) is 12.2. The molecule has 32 heavy (non-hydrogen) atoms. The fraction of sp³-hybridized carbons (Fsp3) is 0.692. The van der Waals surface area contributed by atoms with Gasteiger partial charge in [0.05, 0.1) is 12.5 Å². The van der Waals surface area contributed by atoms with Crippen molar-refractivity contribution in [2.24, 2.45) is 11.1 Å². The summed E-state index contributed by atoms with van der Waals surface area (Å²) in [4.78, 5) is 23.5. The molecule has 0 spiro atoms. The van der Waals surface area contributed by atoms with Gasteiger partial charge >= 0.3 is 5.97 Å². The van der Waals surface area contributed by atoms with E-state index >= 15 is 0 Å². The smallest absolute Gasteiger partial charge is 0.303 e. The summed E-state index contributed by atoms with van der Waals surface area (Å²) in [5.74, 6) is -1.09. The minimum atomic E-state index is -0.691. The summed E-state index contributed by atoms with van der Waals surface area (Å²) in [5.41, 5.74) is 8.28. The van der Waals surface area contributed by atoms with Crippen LogP contribution in [0.25, 0.3) is 0 Å². The van der Waals surface area contributed by atoms with Gasteiger partial charge in [-0.1, -0.05) is 39.2 Å². The maximum atomic E-state index is 11.9. The van der Waals surface area contributed by atoms with Crippen LogP contribution >= 0.6 is 0 Å². The molecule has 6 heteroatoms. The van der Waals surface area contributed by atoms with E-state index < -0.39 is 11.9 Å². The van der Waals surface area contributed by atoms with Crippen molar-refractivity contribution < 1.29 is 19.4 Å². The fourth-order valence-electron chi connectivity index (χ4n) is 6.48. The number of carbonyl (C=O) groups is 2. The summed E-state index contributed by atoms with van der Waals surface area (Å²) < 4.78 is 5.98. The van der Waals surface area contributed by atoms with E-state index in [2.05, 4.69) is 19.2 Å². The summed E-state index contributed by atoms with van der Waals surface area (Å²) in [7, 11) is 1.77. The molecule has 1 aromatic carbocycles. The normalized spacial score (nSPS) is 24.0. The van der Waals surface area contributed by atoms with Crippen molar-refractivity contribution in [2.75, 3.05) is 13.7 Å². The molecule has 4 N–H and O–H groups in total. The number of amides is 1. The predicted octanol–water partition coefficient (Wildman–Crippen LogP) is 4.19. The van der Waals surface area contributed by atoms with Crippen molar-refractivity contribution in [1.29, 1.82) is 0 Å². The number of carbonyl (C=O) groups excluding carboxylic acids is 1. The number of benzene rings is 1.